The largest absolute Gasteiger partial charge is 0.395 e. The van der Waals surface area contributed by atoms with Gasteiger partial charge in [-0.3, -0.25) is 4.90 Å². The van der Waals surface area contributed by atoms with Crippen LogP contribution in [0.3, 0.4) is 0 Å². The molecule has 1 aliphatic rings. The van der Waals surface area contributed by atoms with Crippen LogP contribution in [0.2, 0.25) is 0 Å². The first-order valence-corrected chi connectivity index (χ1v) is 8.60. The number of aromatic nitrogens is 5. The molecule has 2 aromatic heterocycles. The van der Waals surface area contributed by atoms with Gasteiger partial charge in [-0.1, -0.05) is 0 Å². The molecule has 1 fully saturated rings. The van der Waals surface area contributed by atoms with Crippen molar-refractivity contribution in [2.75, 3.05) is 26.3 Å². The lowest BCUT2D eigenvalue weighted by Crippen LogP contribution is -2.45. The molecule has 24 heavy (non-hydrogen) atoms. The molecule has 2 N–H and O–H groups in total. The van der Waals surface area contributed by atoms with Gasteiger partial charge < -0.3 is 19.3 Å². The Balaban J connectivity index is 1.68. The highest BCUT2D eigenvalue weighted by Crippen LogP contribution is 2.28. The van der Waals surface area contributed by atoms with E-state index < -0.39 is 0 Å². The molecule has 3 heterocycles. The zero-order chi connectivity index (χ0) is 16.9. The molecule has 0 spiro atoms. The van der Waals surface area contributed by atoms with Crippen LogP contribution in [0.5, 0.6) is 0 Å². The lowest BCUT2D eigenvalue weighted by atomic mass is 9.95. The van der Waals surface area contributed by atoms with E-state index in [2.05, 4.69) is 31.6 Å². The minimum absolute atomic E-state index is 0.00135. The van der Waals surface area contributed by atoms with Crippen molar-refractivity contribution in [3.63, 3.8) is 0 Å². The maximum atomic E-state index is 9.33. The van der Waals surface area contributed by atoms with Crippen LogP contribution in [0.25, 0.3) is 0 Å². The van der Waals surface area contributed by atoms with Crippen LogP contribution in [0.1, 0.15) is 37.3 Å². The topological polar surface area (TPSA) is 92.2 Å². The van der Waals surface area contributed by atoms with E-state index in [4.69, 9.17) is 0 Å². The summed E-state index contributed by atoms with van der Waals surface area (Å²) in [4.78, 5) is 6.23. The number of imidazole rings is 1. The number of rotatable bonds is 7. The van der Waals surface area contributed by atoms with Crippen molar-refractivity contribution in [3.05, 3.63) is 30.4 Å². The molecule has 1 aliphatic heterocycles. The minimum atomic E-state index is -0.146. The number of nitrogens with zero attached hydrogens (tertiary/aromatic N) is 6. The Morgan fingerprint density at radius 1 is 1.21 bits per heavy atom. The third-order valence-corrected chi connectivity index (χ3v) is 4.89. The summed E-state index contributed by atoms with van der Waals surface area (Å²) < 4.78 is 4.20. The van der Waals surface area contributed by atoms with E-state index in [-0.39, 0.29) is 19.3 Å². The van der Waals surface area contributed by atoms with Gasteiger partial charge in [0.1, 0.15) is 5.82 Å². The number of hydrogen-bond acceptors (Lipinski definition) is 6. The molecule has 0 bridgehead atoms. The summed E-state index contributed by atoms with van der Waals surface area (Å²) in [6.45, 7) is 5.38. The van der Waals surface area contributed by atoms with Crippen molar-refractivity contribution in [3.8, 4) is 0 Å². The van der Waals surface area contributed by atoms with Crippen LogP contribution in [-0.4, -0.2) is 71.8 Å². The van der Waals surface area contributed by atoms with Crippen LogP contribution >= 0.6 is 0 Å². The molecule has 3 rings (SSSR count). The van der Waals surface area contributed by atoms with E-state index in [9.17, 15) is 10.2 Å². The van der Waals surface area contributed by atoms with Gasteiger partial charge in [0.2, 0.25) is 0 Å². The number of hydrogen-bond donors (Lipinski definition) is 2. The van der Waals surface area contributed by atoms with Crippen molar-refractivity contribution >= 4 is 0 Å². The number of piperidine rings is 1. The van der Waals surface area contributed by atoms with E-state index in [0.29, 0.717) is 12.5 Å². The molecule has 0 atom stereocenters. The lowest BCUT2D eigenvalue weighted by molar-refractivity contribution is 0.0560. The fourth-order valence-corrected chi connectivity index (χ4v) is 3.47. The van der Waals surface area contributed by atoms with E-state index in [1.807, 2.05) is 10.8 Å². The molecule has 0 aromatic carbocycles. The normalized spacial score (nSPS) is 17.0. The molecule has 2 aromatic rings. The summed E-state index contributed by atoms with van der Waals surface area (Å²) in [5.41, 5.74) is 0. The number of aliphatic hydroxyl groups is 2. The molecule has 0 unspecified atom stereocenters. The highest BCUT2D eigenvalue weighted by molar-refractivity contribution is 5.05. The fraction of sp³-hybridized carbons (Fsp3) is 0.688. The molecule has 132 valence electrons. The predicted molar refractivity (Wildman–Crippen MR) is 88.5 cm³/mol. The smallest absolute Gasteiger partial charge is 0.153 e. The summed E-state index contributed by atoms with van der Waals surface area (Å²) >= 11 is 0. The molecule has 8 heteroatoms. The van der Waals surface area contributed by atoms with Gasteiger partial charge in [-0.2, -0.15) is 0 Å². The molecule has 1 saturated heterocycles. The average Bonchev–Trinajstić information content (AvgIpc) is 3.26. The highest BCUT2D eigenvalue weighted by Gasteiger charge is 2.28. The number of likely N-dealkylation sites (tertiary alicyclic amines) is 1. The zero-order valence-corrected chi connectivity index (χ0v) is 14.1. The zero-order valence-electron chi connectivity index (χ0n) is 14.1. The van der Waals surface area contributed by atoms with E-state index in [0.717, 1.165) is 44.1 Å². The second-order valence-corrected chi connectivity index (χ2v) is 6.28. The standard InChI is InChI=1S/C16H26N6O2/c1-2-22-15(9-20-8-5-17-12-20)18-19-16(22)13-3-6-21(7-4-13)14(10-23)11-24/h5,8,12-14,23-24H,2-4,6-7,9-11H2,1H3. The third kappa shape index (κ3) is 3.50. The Morgan fingerprint density at radius 3 is 2.54 bits per heavy atom. The average molecular weight is 334 g/mol. The Bertz CT molecular complexity index is 615. The summed E-state index contributed by atoms with van der Waals surface area (Å²) in [5.74, 6) is 2.39. The molecule has 0 radical (unpaired) electrons. The molecular weight excluding hydrogens is 308 g/mol. The van der Waals surface area contributed by atoms with Gasteiger partial charge in [-0.05, 0) is 32.9 Å². The van der Waals surface area contributed by atoms with Crippen LogP contribution < -0.4 is 0 Å². The van der Waals surface area contributed by atoms with Crippen LogP contribution in [0.4, 0.5) is 0 Å². The van der Waals surface area contributed by atoms with Gasteiger partial charge in [0.15, 0.2) is 5.82 Å². The highest BCUT2D eigenvalue weighted by atomic mass is 16.3. The first kappa shape index (κ1) is 17.1. The quantitative estimate of drug-likeness (QED) is 0.745. The fourth-order valence-electron chi connectivity index (χ4n) is 3.47. The Kier molecular flexibility index (Phi) is 5.60. The Hall–Kier alpha value is -1.77. The van der Waals surface area contributed by atoms with Crippen LogP contribution in [-0.2, 0) is 13.1 Å². The molecule has 0 aliphatic carbocycles. The predicted octanol–water partition coefficient (Wildman–Crippen LogP) is 0.0754. The number of aliphatic hydroxyl groups excluding tert-OH is 2. The molecule has 0 saturated carbocycles. The van der Waals surface area contributed by atoms with Crippen molar-refractivity contribution in [1.82, 2.24) is 29.2 Å². The van der Waals surface area contributed by atoms with Crippen molar-refractivity contribution < 1.29 is 10.2 Å². The van der Waals surface area contributed by atoms with Gasteiger partial charge in [0.05, 0.1) is 32.1 Å². The lowest BCUT2D eigenvalue weighted by Gasteiger charge is -2.35. The molecule has 8 nitrogen and oxygen atoms in total. The van der Waals surface area contributed by atoms with E-state index in [1.54, 1.807) is 12.5 Å². The van der Waals surface area contributed by atoms with Crippen LogP contribution in [0.15, 0.2) is 18.7 Å². The van der Waals surface area contributed by atoms with Gasteiger partial charge in [0, 0.05) is 24.9 Å². The third-order valence-electron chi connectivity index (χ3n) is 4.89. The second-order valence-electron chi connectivity index (χ2n) is 6.28. The summed E-state index contributed by atoms with van der Waals surface area (Å²) in [7, 11) is 0. The molecule has 0 amide bonds. The minimum Gasteiger partial charge on any atom is -0.395 e. The van der Waals surface area contributed by atoms with Crippen LogP contribution in [0, 0.1) is 0 Å². The van der Waals surface area contributed by atoms with Gasteiger partial charge in [-0.25, -0.2) is 4.98 Å². The SMILES string of the molecule is CCn1c(Cn2ccnc2)nnc1C1CCN(C(CO)CO)CC1. The van der Waals surface area contributed by atoms with Gasteiger partial charge in [0.25, 0.3) is 0 Å². The first-order valence-electron chi connectivity index (χ1n) is 8.60. The van der Waals surface area contributed by atoms with E-state index >= 15 is 0 Å². The van der Waals surface area contributed by atoms with E-state index in [1.165, 1.54) is 0 Å². The Morgan fingerprint density at radius 2 is 1.96 bits per heavy atom. The molecular formula is C16H26N6O2. The summed E-state index contributed by atoms with van der Waals surface area (Å²) in [6, 6.07) is -0.146. The maximum Gasteiger partial charge on any atom is 0.153 e. The monoisotopic (exact) mass is 334 g/mol. The van der Waals surface area contributed by atoms with Crippen molar-refractivity contribution in [2.24, 2.45) is 0 Å². The van der Waals surface area contributed by atoms with Gasteiger partial charge in [-0.15, -0.1) is 10.2 Å². The van der Waals surface area contributed by atoms with Crippen molar-refractivity contribution in [2.45, 2.75) is 44.8 Å². The summed E-state index contributed by atoms with van der Waals surface area (Å²) in [5, 5.41) is 27.5. The van der Waals surface area contributed by atoms with Crippen molar-refractivity contribution in [1.29, 1.82) is 0 Å². The van der Waals surface area contributed by atoms with Gasteiger partial charge >= 0.3 is 0 Å². The second kappa shape index (κ2) is 7.87. The Labute approximate surface area is 141 Å². The first-order chi connectivity index (χ1) is 11.8. The summed E-state index contributed by atoms with van der Waals surface area (Å²) in [6.07, 6.45) is 7.43. The maximum absolute atomic E-state index is 9.33.